The van der Waals surface area contributed by atoms with Crippen LogP contribution < -0.4 is 16.1 Å². The number of hydrazine groups is 1. The Morgan fingerprint density at radius 2 is 1.72 bits per heavy atom. The van der Waals surface area contributed by atoms with Crippen LogP contribution in [-0.4, -0.2) is 58.2 Å². The van der Waals surface area contributed by atoms with E-state index in [1.807, 2.05) is 39.8 Å². The Balaban J connectivity index is 0.00000100. The summed E-state index contributed by atoms with van der Waals surface area (Å²) in [5.41, 5.74) is 2.95. The molecule has 212 valence electrons. The van der Waals surface area contributed by atoms with Gasteiger partial charge in [-0.1, -0.05) is 39.8 Å². The molecule has 3 aromatic rings. The van der Waals surface area contributed by atoms with E-state index < -0.39 is 6.17 Å². The number of hydrogen-bond donors (Lipinski definition) is 2. The number of nitrogens with two attached hydrogens (primary N) is 1. The first-order valence-corrected chi connectivity index (χ1v) is 14.2. The lowest BCUT2D eigenvalue weighted by molar-refractivity contribution is 0.0752. The van der Waals surface area contributed by atoms with Gasteiger partial charge >= 0.3 is 0 Å². The number of carbonyl (C=O) groups excluding carboxylic acids is 1. The summed E-state index contributed by atoms with van der Waals surface area (Å²) in [5, 5.41) is 1.22. The molecule has 1 aromatic heterocycles. The lowest BCUT2D eigenvalue weighted by Crippen LogP contribution is -2.38. The van der Waals surface area contributed by atoms with Crippen molar-refractivity contribution in [2.75, 3.05) is 26.2 Å². The number of H-pyrrole nitrogens is 1. The van der Waals surface area contributed by atoms with Gasteiger partial charge in [0.1, 0.15) is 23.1 Å². The molecule has 5 rings (SSSR count). The van der Waals surface area contributed by atoms with E-state index in [0.29, 0.717) is 73.5 Å². The Kier molecular flexibility index (Phi) is 11.4. The third-order valence-electron chi connectivity index (χ3n) is 6.69. The average Bonchev–Trinajstić information content (AvgIpc) is 2.97. The molecule has 3 N–H and O–H groups in total. The lowest BCUT2D eigenvalue weighted by atomic mass is 10.1. The van der Waals surface area contributed by atoms with Crippen LogP contribution in [0.15, 0.2) is 41.2 Å². The number of amides is 1. The summed E-state index contributed by atoms with van der Waals surface area (Å²) >= 11 is 0. The van der Waals surface area contributed by atoms with Gasteiger partial charge in [0.05, 0.1) is 12.1 Å². The van der Waals surface area contributed by atoms with Gasteiger partial charge in [0, 0.05) is 37.3 Å². The van der Waals surface area contributed by atoms with Crippen LogP contribution in [0.25, 0.3) is 22.3 Å². The van der Waals surface area contributed by atoms with Crippen molar-refractivity contribution in [1.29, 1.82) is 0 Å². The molecule has 0 spiro atoms. The van der Waals surface area contributed by atoms with E-state index in [-0.39, 0.29) is 17.2 Å². The minimum atomic E-state index is -0.725. The number of aromatic nitrogens is 2. The van der Waals surface area contributed by atoms with Crippen LogP contribution in [0.1, 0.15) is 75.7 Å². The molecule has 0 aliphatic carbocycles. The van der Waals surface area contributed by atoms with Crippen molar-refractivity contribution >= 4 is 16.9 Å². The molecule has 2 aliphatic heterocycles. The highest BCUT2D eigenvalue weighted by Gasteiger charge is 2.20. The number of rotatable bonds is 2. The number of likely N-dealkylation sites (tertiary alicyclic amines) is 1. The topological polar surface area (TPSA) is 105 Å². The van der Waals surface area contributed by atoms with Gasteiger partial charge in [-0.2, -0.15) is 0 Å². The van der Waals surface area contributed by atoms with Gasteiger partial charge in [0.15, 0.2) is 0 Å². The zero-order chi connectivity index (χ0) is 28.4. The molecule has 9 heteroatoms. The molecule has 39 heavy (non-hydrogen) atoms. The van der Waals surface area contributed by atoms with Crippen molar-refractivity contribution in [2.45, 2.75) is 72.5 Å². The Morgan fingerprint density at radius 1 is 1.00 bits per heavy atom. The molecular formula is C30H42FN5O3. The largest absolute Gasteiger partial charge is 0.491 e. The maximum absolute atomic E-state index is 13.6. The van der Waals surface area contributed by atoms with Crippen molar-refractivity contribution in [3.05, 3.63) is 57.9 Å². The van der Waals surface area contributed by atoms with Crippen molar-refractivity contribution in [1.82, 2.24) is 19.9 Å². The Hall–Kier alpha value is -3.30. The predicted molar refractivity (Wildman–Crippen MR) is 154 cm³/mol. The number of piperidine rings is 1. The molecule has 0 unspecified atom stereocenters. The van der Waals surface area contributed by atoms with Gasteiger partial charge in [-0.15, -0.1) is 0 Å². The average molecular weight is 540 g/mol. The van der Waals surface area contributed by atoms with Gasteiger partial charge in [-0.05, 0) is 61.9 Å². The molecule has 4 bridgehead atoms. The van der Waals surface area contributed by atoms with Gasteiger partial charge in [-0.25, -0.2) is 15.2 Å². The van der Waals surface area contributed by atoms with Crippen LogP contribution in [-0.2, 0) is 6.54 Å². The van der Waals surface area contributed by atoms with E-state index in [2.05, 4.69) is 9.88 Å². The Bertz CT molecular complexity index is 1290. The molecule has 1 fully saturated rings. The Morgan fingerprint density at radius 3 is 2.46 bits per heavy atom. The normalized spacial score (nSPS) is 16.8. The zero-order valence-electron chi connectivity index (χ0n) is 23.6. The second kappa shape index (κ2) is 14.7. The highest BCUT2D eigenvalue weighted by Crippen LogP contribution is 2.28. The molecule has 3 heterocycles. The van der Waals surface area contributed by atoms with Crippen molar-refractivity contribution in [3.8, 4) is 17.0 Å². The quantitative estimate of drug-likeness (QED) is 0.331. The standard InChI is InChI=1S/C26H30FN5O3.2C2H6/c27-20-7-10-31(11-8-20)16-17-13-21-24-22(14-17)35-12-3-1-2-9-32(28)26(34)19-6-4-5-18(15-19)23(30-24)25(33)29-21;2*1-2/h4-6,13-15,20H,1-3,7-12,16,28H2,(H,29,33);2*1-2H3. The molecule has 1 saturated heterocycles. The number of carbonyl (C=O) groups is 1. The fraction of sp³-hybridized carbons (Fsp3) is 0.500. The SMILES string of the molecule is CC.CC.NN1CCCCCOc2cc(CN3CCC(F)CC3)cc3[nH]c(=O)c(nc23)-c2cccc(c2)C1=O. The van der Waals surface area contributed by atoms with Gasteiger partial charge in [-0.3, -0.25) is 19.5 Å². The van der Waals surface area contributed by atoms with E-state index in [0.717, 1.165) is 24.8 Å². The fourth-order valence-electron chi connectivity index (χ4n) is 4.74. The smallest absolute Gasteiger partial charge is 0.274 e. The molecule has 2 aromatic carbocycles. The zero-order valence-corrected chi connectivity index (χ0v) is 23.6. The van der Waals surface area contributed by atoms with Gasteiger partial charge < -0.3 is 9.72 Å². The number of hydrogen-bond acceptors (Lipinski definition) is 6. The summed E-state index contributed by atoms with van der Waals surface area (Å²) in [5.74, 6) is 6.31. The predicted octanol–water partition coefficient (Wildman–Crippen LogP) is 5.46. The molecule has 0 atom stereocenters. The molecule has 0 radical (unpaired) electrons. The number of fused-ring (bicyclic) bond motifs is 4. The van der Waals surface area contributed by atoms with Crippen molar-refractivity contribution in [2.24, 2.45) is 5.84 Å². The first-order chi connectivity index (χ1) is 19.0. The fourth-order valence-corrected chi connectivity index (χ4v) is 4.74. The number of benzene rings is 2. The lowest BCUT2D eigenvalue weighted by Gasteiger charge is -2.28. The molecule has 0 saturated carbocycles. The van der Waals surface area contributed by atoms with Crippen LogP contribution >= 0.6 is 0 Å². The molecular weight excluding hydrogens is 497 g/mol. The highest BCUT2D eigenvalue weighted by molar-refractivity contribution is 5.95. The number of alkyl halides is 1. The molecule has 8 nitrogen and oxygen atoms in total. The number of nitrogens with one attached hydrogen (secondary N) is 1. The highest BCUT2D eigenvalue weighted by atomic mass is 19.1. The monoisotopic (exact) mass is 539 g/mol. The third kappa shape index (κ3) is 7.64. The summed E-state index contributed by atoms with van der Waals surface area (Å²) in [7, 11) is 0. The van der Waals surface area contributed by atoms with Crippen LogP contribution in [0, 0.1) is 0 Å². The van der Waals surface area contributed by atoms with Crippen LogP contribution in [0.5, 0.6) is 5.75 Å². The van der Waals surface area contributed by atoms with Crippen molar-refractivity contribution in [3.63, 3.8) is 0 Å². The Labute approximate surface area is 230 Å². The summed E-state index contributed by atoms with van der Waals surface area (Å²) in [6.45, 7) is 11.0. The van der Waals surface area contributed by atoms with Gasteiger partial charge in [0.2, 0.25) is 0 Å². The number of nitrogens with zero attached hydrogens (tertiary/aromatic N) is 3. The number of halogens is 1. The van der Waals surface area contributed by atoms with E-state index in [4.69, 9.17) is 15.6 Å². The van der Waals surface area contributed by atoms with Gasteiger partial charge in [0.25, 0.3) is 11.5 Å². The number of ether oxygens (including phenoxy) is 1. The maximum Gasteiger partial charge on any atom is 0.274 e. The minimum Gasteiger partial charge on any atom is -0.491 e. The number of aromatic amines is 1. The second-order valence-corrected chi connectivity index (χ2v) is 9.34. The van der Waals surface area contributed by atoms with Crippen LogP contribution in [0.4, 0.5) is 4.39 Å². The molecule has 1 amide bonds. The van der Waals surface area contributed by atoms with Crippen LogP contribution in [0.3, 0.4) is 0 Å². The van der Waals surface area contributed by atoms with Crippen molar-refractivity contribution < 1.29 is 13.9 Å². The second-order valence-electron chi connectivity index (χ2n) is 9.34. The summed E-state index contributed by atoms with van der Waals surface area (Å²) in [6, 6.07) is 10.7. The van der Waals surface area contributed by atoms with E-state index in [9.17, 15) is 14.0 Å². The summed E-state index contributed by atoms with van der Waals surface area (Å²) in [4.78, 5) is 35.7. The van der Waals surface area contributed by atoms with E-state index in [1.165, 1.54) is 5.01 Å². The van der Waals surface area contributed by atoms with Crippen LogP contribution in [0.2, 0.25) is 0 Å². The van der Waals surface area contributed by atoms with E-state index in [1.54, 1.807) is 24.3 Å². The third-order valence-corrected chi connectivity index (χ3v) is 6.69. The summed E-state index contributed by atoms with van der Waals surface area (Å²) < 4.78 is 19.7. The minimum absolute atomic E-state index is 0.216. The summed E-state index contributed by atoms with van der Waals surface area (Å²) in [6.07, 6.45) is 2.77. The molecule has 2 aliphatic rings. The first-order valence-electron chi connectivity index (χ1n) is 14.2. The first kappa shape index (κ1) is 30.2. The maximum atomic E-state index is 13.6. The van der Waals surface area contributed by atoms with E-state index >= 15 is 0 Å².